The second kappa shape index (κ2) is 8.16. The number of carbonyl (C=O) groups is 1. The maximum absolute atomic E-state index is 12.2. The van der Waals surface area contributed by atoms with Crippen molar-refractivity contribution in [2.75, 3.05) is 26.3 Å². The lowest BCUT2D eigenvalue weighted by Gasteiger charge is -2.26. The van der Waals surface area contributed by atoms with Crippen LogP contribution in [0.2, 0.25) is 0 Å². The van der Waals surface area contributed by atoms with Crippen molar-refractivity contribution in [3.05, 3.63) is 23.8 Å². The quantitative estimate of drug-likeness (QED) is 0.894. The van der Waals surface area contributed by atoms with E-state index in [1.807, 2.05) is 37.8 Å². The van der Waals surface area contributed by atoms with Crippen LogP contribution < -0.4 is 14.8 Å². The van der Waals surface area contributed by atoms with Crippen molar-refractivity contribution in [2.24, 2.45) is 0 Å². The Hall–Kier alpha value is -1.95. The van der Waals surface area contributed by atoms with Gasteiger partial charge in [-0.1, -0.05) is 6.07 Å². The number of benzene rings is 1. The minimum Gasteiger partial charge on any atom is -0.486 e. The summed E-state index contributed by atoms with van der Waals surface area (Å²) < 4.78 is 16.7. The number of rotatable bonds is 3. The lowest BCUT2D eigenvalue weighted by atomic mass is 10.1. The van der Waals surface area contributed by atoms with Crippen molar-refractivity contribution in [2.45, 2.75) is 58.2 Å². The van der Waals surface area contributed by atoms with Crippen molar-refractivity contribution >= 4 is 6.09 Å². The van der Waals surface area contributed by atoms with Gasteiger partial charge in [-0.05, 0) is 57.7 Å². The van der Waals surface area contributed by atoms with Gasteiger partial charge in [0.15, 0.2) is 11.5 Å². The highest BCUT2D eigenvalue weighted by Crippen LogP contribution is 2.30. The fraction of sp³-hybridized carbons (Fsp3) is 0.650. The van der Waals surface area contributed by atoms with Gasteiger partial charge in [-0.3, -0.25) is 0 Å². The van der Waals surface area contributed by atoms with Crippen molar-refractivity contribution < 1.29 is 19.0 Å². The van der Waals surface area contributed by atoms with Crippen molar-refractivity contribution in [1.29, 1.82) is 0 Å². The van der Waals surface area contributed by atoms with E-state index in [-0.39, 0.29) is 6.09 Å². The summed E-state index contributed by atoms with van der Waals surface area (Å²) >= 11 is 0. The first-order chi connectivity index (χ1) is 12.4. The molecule has 144 valence electrons. The average Bonchev–Trinajstić information content (AvgIpc) is 2.84. The maximum Gasteiger partial charge on any atom is 0.410 e. The van der Waals surface area contributed by atoms with Crippen LogP contribution in [0.15, 0.2) is 18.2 Å². The molecule has 0 spiro atoms. The molecule has 0 aromatic heterocycles. The lowest BCUT2D eigenvalue weighted by molar-refractivity contribution is 0.0256. The van der Waals surface area contributed by atoms with Gasteiger partial charge in [0, 0.05) is 25.7 Å². The summed E-state index contributed by atoms with van der Waals surface area (Å²) in [5, 5.41) is 3.62. The molecule has 1 atom stereocenters. The third-order valence-electron chi connectivity index (χ3n) is 4.58. The summed E-state index contributed by atoms with van der Waals surface area (Å²) in [4.78, 5) is 14.1. The van der Waals surface area contributed by atoms with Crippen LogP contribution in [0.25, 0.3) is 0 Å². The monoisotopic (exact) mass is 362 g/mol. The number of hydrogen-bond acceptors (Lipinski definition) is 5. The number of nitrogens with zero attached hydrogens (tertiary/aromatic N) is 1. The molecule has 0 bridgehead atoms. The Morgan fingerprint density at radius 2 is 1.96 bits per heavy atom. The molecule has 1 aromatic carbocycles. The van der Waals surface area contributed by atoms with Crippen LogP contribution in [0.4, 0.5) is 4.79 Å². The predicted octanol–water partition coefficient (Wildman–Crippen LogP) is 3.34. The zero-order valence-corrected chi connectivity index (χ0v) is 16.0. The first-order valence-corrected chi connectivity index (χ1v) is 9.50. The second-order valence-electron chi connectivity index (χ2n) is 7.95. The summed E-state index contributed by atoms with van der Waals surface area (Å²) in [6, 6.07) is 6.49. The molecule has 3 rings (SSSR count). The first kappa shape index (κ1) is 18.8. The highest BCUT2D eigenvalue weighted by molar-refractivity contribution is 5.68. The van der Waals surface area contributed by atoms with E-state index < -0.39 is 5.60 Å². The van der Waals surface area contributed by atoms with Gasteiger partial charge in [-0.25, -0.2) is 4.79 Å². The number of hydrogen-bond donors (Lipinski definition) is 1. The Bertz CT molecular complexity index is 627. The van der Waals surface area contributed by atoms with E-state index in [1.165, 1.54) is 5.56 Å². The molecule has 1 amide bonds. The zero-order valence-electron chi connectivity index (χ0n) is 16.0. The van der Waals surface area contributed by atoms with Crippen LogP contribution in [0.1, 0.15) is 45.6 Å². The molecule has 2 aliphatic rings. The van der Waals surface area contributed by atoms with E-state index in [0.29, 0.717) is 19.3 Å². The van der Waals surface area contributed by atoms with Crippen LogP contribution in [0.3, 0.4) is 0 Å². The van der Waals surface area contributed by atoms with Crippen molar-refractivity contribution in [3.63, 3.8) is 0 Å². The highest BCUT2D eigenvalue weighted by Gasteiger charge is 2.25. The summed E-state index contributed by atoms with van der Waals surface area (Å²) in [5.41, 5.74) is 0.738. The highest BCUT2D eigenvalue weighted by atomic mass is 16.6. The van der Waals surface area contributed by atoms with Gasteiger partial charge < -0.3 is 24.4 Å². The van der Waals surface area contributed by atoms with Gasteiger partial charge in [0.2, 0.25) is 0 Å². The van der Waals surface area contributed by atoms with E-state index in [1.54, 1.807) is 0 Å². The third-order valence-corrected chi connectivity index (χ3v) is 4.58. The number of carbonyl (C=O) groups excluding carboxylic acids is 1. The number of likely N-dealkylation sites (tertiary alicyclic amines) is 1. The predicted molar refractivity (Wildman–Crippen MR) is 99.7 cm³/mol. The Morgan fingerprint density at radius 3 is 2.73 bits per heavy atom. The largest absolute Gasteiger partial charge is 0.486 e. The Balaban J connectivity index is 1.48. The molecular weight excluding hydrogens is 332 g/mol. The van der Waals surface area contributed by atoms with Gasteiger partial charge in [0.1, 0.15) is 18.8 Å². The van der Waals surface area contributed by atoms with Crippen LogP contribution in [0, 0.1) is 0 Å². The van der Waals surface area contributed by atoms with Gasteiger partial charge in [0.25, 0.3) is 0 Å². The minimum absolute atomic E-state index is 0.204. The number of nitrogens with one attached hydrogen (secondary N) is 1. The SMILES string of the molecule is CC(C)(C)OC(=O)N1CCCC(NCc2ccc3c(c2)OCCO3)CC1. The number of fused-ring (bicyclic) bond motifs is 1. The number of ether oxygens (including phenoxy) is 3. The molecule has 1 fully saturated rings. The zero-order chi connectivity index (χ0) is 18.6. The van der Waals surface area contributed by atoms with Gasteiger partial charge >= 0.3 is 6.09 Å². The standard InChI is InChI=1S/C20H30N2O4/c1-20(2,3)26-19(23)22-9-4-5-16(8-10-22)21-14-15-6-7-17-18(13-15)25-12-11-24-17/h6-7,13,16,21H,4-5,8-12,14H2,1-3H3. The van der Waals surface area contributed by atoms with Gasteiger partial charge in [0.05, 0.1) is 0 Å². The molecular formula is C20H30N2O4. The number of amides is 1. The van der Waals surface area contributed by atoms with Crippen molar-refractivity contribution in [3.8, 4) is 11.5 Å². The molecule has 0 saturated carbocycles. The molecule has 1 aromatic rings. The Morgan fingerprint density at radius 1 is 1.19 bits per heavy atom. The van der Waals surface area contributed by atoms with Gasteiger partial charge in [-0.2, -0.15) is 0 Å². The minimum atomic E-state index is -0.445. The van der Waals surface area contributed by atoms with E-state index in [4.69, 9.17) is 14.2 Å². The summed E-state index contributed by atoms with van der Waals surface area (Å²) in [7, 11) is 0. The fourth-order valence-electron chi connectivity index (χ4n) is 3.27. The first-order valence-electron chi connectivity index (χ1n) is 9.50. The van der Waals surface area contributed by atoms with E-state index in [9.17, 15) is 4.79 Å². The summed E-state index contributed by atoms with van der Waals surface area (Å²) in [5.74, 6) is 1.65. The van der Waals surface area contributed by atoms with Crippen LogP contribution in [-0.2, 0) is 11.3 Å². The molecule has 1 N–H and O–H groups in total. The maximum atomic E-state index is 12.2. The van der Waals surface area contributed by atoms with E-state index in [0.717, 1.165) is 50.4 Å². The normalized spacial score (nSPS) is 20.4. The molecule has 0 radical (unpaired) electrons. The summed E-state index contributed by atoms with van der Waals surface area (Å²) in [6.07, 6.45) is 2.77. The van der Waals surface area contributed by atoms with Crippen LogP contribution in [-0.4, -0.2) is 48.9 Å². The summed E-state index contributed by atoms with van der Waals surface area (Å²) in [6.45, 7) is 9.20. The second-order valence-corrected chi connectivity index (χ2v) is 7.95. The molecule has 6 heteroatoms. The Kier molecular flexibility index (Phi) is 5.91. The van der Waals surface area contributed by atoms with Gasteiger partial charge in [-0.15, -0.1) is 0 Å². The molecule has 6 nitrogen and oxygen atoms in total. The van der Waals surface area contributed by atoms with Crippen LogP contribution >= 0.6 is 0 Å². The fourth-order valence-corrected chi connectivity index (χ4v) is 3.27. The van der Waals surface area contributed by atoms with Crippen molar-refractivity contribution in [1.82, 2.24) is 10.2 Å². The Labute approximate surface area is 155 Å². The van der Waals surface area contributed by atoms with E-state index in [2.05, 4.69) is 11.4 Å². The molecule has 26 heavy (non-hydrogen) atoms. The molecule has 0 aliphatic carbocycles. The molecule has 1 unspecified atom stereocenters. The molecule has 2 heterocycles. The van der Waals surface area contributed by atoms with Crippen LogP contribution in [0.5, 0.6) is 11.5 Å². The smallest absolute Gasteiger partial charge is 0.410 e. The average molecular weight is 362 g/mol. The third kappa shape index (κ3) is 5.27. The molecule has 2 aliphatic heterocycles. The lowest BCUT2D eigenvalue weighted by Crippen LogP contribution is -2.38. The molecule has 1 saturated heterocycles. The topological polar surface area (TPSA) is 60.0 Å². The van der Waals surface area contributed by atoms with E-state index >= 15 is 0 Å².